The molecular formula is C15H37NO3Si2. The summed E-state index contributed by atoms with van der Waals surface area (Å²) in [5, 5.41) is 0.396. The fraction of sp³-hybridized carbons (Fsp3) is 1.00. The fourth-order valence-corrected chi connectivity index (χ4v) is 6.76. The highest BCUT2D eigenvalue weighted by Gasteiger charge is 2.40. The summed E-state index contributed by atoms with van der Waals surface area (Å²) in [6.45, 7) is 16.7. The molecule has 0 aliphatic carbocycles. The normalized spacial score (nSPS) is 14.0. The molecule has 0 aromatic carbocycles. The van der Waals surface area contributed by atoms with Crippen molar-refractivity contribution in [3.63, 3.8) is 0 Å². The summed E-state index contributed by atoms with van der Waals surface area (Å²) in [6.07, 6.45) is 2.26. The lowest BCUT2D eigenvalue weighted by atomic mass is 10.2. The predicted molar refractivity (Wildman–Crippen MR) is 95.3 cm³/mol. The first-order chi connectivity index (χ1) is 9.60. The topological polar surface area (TPSA) is 30.9 Å². The van der Waals surface area contributed by atoms with E-state index in [1.54, 1.807) is 21.3 Å². The zero-order valence-corrected chi connectivity index (χ0v) is 17.7. The van der Waals surface area contributed by atoms with Gasteiger partial charge < -0.3 is 17.8 Å². The molecule has 4 nitrogen and oxygen atoms in total. The van der Waals surface area contributed by atoms with E-state index < -0.39 is 17.0 Å². The van der Waals surface area contributed by atoms with Gasteiger partial charge in [0.25, 0.3) is 0 Å². The van der Waals surface area contributed by atoms with Crippen LogP contribution >= 0.6 is 0 Å². The molecule has 0 saturated carbocycles. The van der Waals surface area contributed by atoms with Crippen LogP contribution in [0.1, 0.15) is 40.5 Å². The minimum absolute atomic E-state index is 0.396. The van der Waals surface area contributed by atoms with Crippen LogP contribution in [-0.2, 0) is 13.3 Å². The van der Waals surface area contributed by atoms with E-state index in [-0.39, 0.29) is 0 Å². The maximum atomic E-state index is 5.48. The molecule has 0 radical (unpaired) electrons. The summed E-state index contributed by atoms with van der Waals surface area (Å²) in [6, 6.07) is 0.894. The molecule has 0 aliphatic rings. The van der Waals surface area contributed by atoms with Crippen molar-refractivity contribution < 1.29 is 13.3 Å². The van der Waals surface area contributed by atoms with E-state index in [1.165, 1.54) is 6.42 Å². The Bertz CT molecular complexity index is 281. The van der Waals surface area contributed by atoms with Crippen molar-refractivity contribution in [1.82, 2.24) is 4.57 Å². The van der Waals surface area contributed by atoms with Crippen molar-refractivity contribution in [2.45, 2.75) is 64.7 Å². The minimum Gasteiger partial charge on any atom is -0.377 e. The summed E-state index contributed by atoms with van der Waals surface area (Å²) in [5.41, 5.74) is 0. The van der Waals surface area contributed by atoms with Gasteiger partial charge in [-0.3, -0.25) is 0 Å². The lowest BCUT2D eigenvalue weighted by Gasteiger charge is -2.45. The van der Waals surface area contributed by atoms with Crippen LogP contribution in [0.15, 0.2) is 0 Å². The van der Waals surface area contributed by atoms with Crippen LogP contribution in [0.3, 0.4) is 0 Å². The molecule has 21 heavy (non-hydrogen) atoms. The van der Waals surface area contributed by atoms with Crippen LogP contribution in [-0.4, -0.2) is 56.0 Å². The van der Waals surface area contributed by atoms with Gasteiger partial charge in [0.2, 0.25) is 0 Å². The molecule has 0 atom stereocenters. The molecule has 0 aromatic heterocycles. The van der Waals surface area contributed by atoms with Gasteiger partial charge in [0.15, 0.2) is 0 Å². The van der Waals surface area contributed by atoms with Crippen LogP contribution in [0, 0.1) is 0 Å². The monoisotopic (exact) mass is 335 g/mol. The van der Waals surface area contributed by atoms with Gasteiger partial charge in [0.05, 0.1) is 0 Å². The SMILES string of the molecule is CCN(CCCC[Si](OC)(OC)OC)[Si](C)(C)C(C)(C)C. The van der Waals surface area contributed by atoms with Gasteiger partial charge in [0, 0.05) is 27.4 Å². The Labute approximate surface area is 134 Å². The summed E-state index contributed by atoms with van der Waals surface area (Å²) in [7, 11) is 1.27. The van der Waals surface area contributed by atoms with E-state index in [4.69, 9.17) is 13.3 Å². The molecular weight excluding hydrogens is 298 g/mol. The summed E-state index contributed by atoms with van der Waals surface area (Å²) in [4.78, 5) is 0. The molecule has 128 valence electrons. The molecule has 0 amide bonds. The zero-order valence-electron chi connectivity index (χ0n) is 15.7. The first kappa shape index (κ1) is 21.3. The first-order valence-corrected chi connectivity index (χ1v) is 12.9. The second-order valence-corrected chi connectivity index (χ2v) is 15.5. The molecule has 0 N–H and O–H groups in total. The number of rotatable bonds is 10. The average Bonchev–Trinajstić information content (AvgIpc) is 2.42. The maximum absolute atomic E-state index is 5.48. The lowest BCUT2D eigenvalue weighted by molar-refractivity contribution is 0.122. The van der Waals surface area contributed by atoms with Crippen LogP contribution in [0.2, 0.25) is 24.2 Å². The molecule has 0 aromatic rings. The molecule has 0 heterocycles. The molecule has 0 fully saturated rings. The van der Waals surface area contributed by atoms with E-state index in [0.29, 0.717) is 5.04 Å². The third-order valence-corrected chi connectivity index (χ3v) is 13.7. The van der Waals surface area contributed by atoms with Gasteiger partial charge in [-0.05, 0) is 31.0 Å². The summed E-state index contributed by atoms with van der Waals surface area (Å²) < 4.78 is 19.2. The van der Waals surface area contributed by atoms with Crippen molar-refractivity contribution in [3.8, 4) is 0 Å². The van der Waals surface area contributed by atoms with Gasteiger partial charge in [-0.15, -0.1) is 0 Å². The Morgan fingerprint density at radius 2 is 1.38 bits per heavy atom. The van der Waals surface area contributed by atoms with E-state index >= 15 is 0 Å². The first-order valence-electron chi connectivity index (χ1n) is 8.00. The smallest absolute Gasteiger partial charge is 0.377 e. The third kappa shape index (κ3) is 5.76. The van der Waals surface area contributed by atoms with Crippen LogP contribution in [0.25, 0.3) is 0 Å². The predicted octanol–water partition coefficient (Wildman–Crippen LogP) is 3.97. The van der Waals surface area contributed by atoms with E-state index in [9.17, 15) is 0 Å². The lowest BCUT2D eigenvalue weighted by Crippen LogP contribution is -2.55. The minimum atomic E-state index is -2.39. The second kappa shape index (κ2) is 8.79. The Kier molecular flexibility index (Phi) is 8.90. The Balaban J connectivity index is 4.44. The fourth-order valence-electron chi connectivity index (χ4n) is 2.51. The molecule has 0 saturated heterocycles. The Morgan fingerprint density at radius 3 is 1.71 bits per heavy atom. The van der Waals surface area contributed by atoms with Gasteiger partial charge in [-0.2, -0.15) is 0 Å². The number of hydrogen-bond acceptors (Lipinski definition) is 4. The van der Waals surface area contributed by atoms with Crippen molar-refractivity contribution in [1.29, 1.82) is 0 Å². The summed E-state index contributed by atoms with van der Waals surface area (Å²) >= 11 is 0. The van der Waals surface area contributed by atoms with Gasteiger partial charge in [0.1, 0.15) is 8.24 Å². The highest BCUT2D eigenvalue weighted by atomic mass is 28.4. The zero-order chi connectivity index (χ0) is 16.7. The molecule has 0 bridgehead atoms. The molecule has 0 rings (SSSR count). The number of nitrogens with zero attached hydrogens (tertiary/aromatic N) is 1. The Morgan fingerprint density at radius 1 is 0.905 bits per heavy atom. The van der Waals surface area contributed by atoms with Crippen molar-refractivity contribution in [3.05, 3.63) is 0 Å². The number of hydrogen-bond donors (Lipinski definition) is 0. The van der Waals surface area contributed by atoms with Gasteiger partial charge in [-0.25, -0.2) is 0 Å². The van der Waals surface area contributed by atoms with Gasteiger partial charge >= 0.3 is 8.80 Å². The van der Waals surface area contributed by atoms with Crippen molar-refractivity contribution in [2.24, 2.45) is 0 Å². The molecule has 0 unspecified atom stereocenters. The molecule has 0 aliphatic heterocycles. The van der Waals surface area contributed by atoms with Crippen molar-refractivity contribution >= 4 is 17.0 Å². The van der Waals surface area contributed by atoms with Crippen LogP contribution in [0.4, 0.5) is 0 Å². The molecule has 0 spiro atoms. The van der Waals surface area contributed by atoms with Crippen LogP contribution in [0.5, 0.6) is 0 Å². The highest BCUT2D eigenvalue weighted by Crippen LogP contribution is 2.38. The van der Waals surface area contributed by atoms with E-state index in [2.05, 4.69) is 45.4 Å². The second-order valence-electron chi connectivity index (χ2n) is 7.14. The molecule has 6 heteroatoms. The average molecular weight is 336 g/mol. The third-order valence-electron chi connectivity index (χ3n) is 5.10. The van der Waals surface area contributed by atoms with E-state index in [1.807, 2.05) is 0 Å². The number of unbranched alkanes of at least 4 members (excludes halogenated alkanes) is 1. The maximum Gasteiger partial charge on any atom is 0.500 e. The quantitative estimate of drug-likeness (QED) is 0.446. The van der Waals surface area contributed by atoms with Gasteiger partial charge in [-0.1, -0.05) is 40.8 Å². The highest BCUT2D eigenvalue weighted by molar-refractivity contribution is 6.77. The standard InChI is InChI=1S/C15H37NO3Si2/c1-10-16(20(8,9)15(2,3)4)13-11-12-14-21(17-5,18-6)19-7/h10-14H2,1-9H3. The Hall–Kier alpha value is 0.274. The van der Waals surface area contributed by atoms with Crippen molar-refractivity contribution in [2.75, 3.05) is 34.4 Å². The largest absolute Gasteiger partial charge is 0.500 e. The van der Waals surface area contributed by atoms with E-state index in [0.717, 1.165) is 25.6 Å². The summed E-state index contributed by atoms with van der Waals surface area (Å²) in [5.74, 6) is 0. The van der Waals surface area contributed by atoms with Crippen LogP contribution < -0.4 is 0 Å².